The van der Waals surface area contributed by atoms with Crippen LogP contribution in [-0.2, 0) is 19.0 Å². The van der Waals surface area contributed by atoms with Crippen molar-refractivity contribution in [2.24, 2.45) is 52.3 Å². The quantitative estimate of drug-likeness (QED) is 0.520. The third-order valence-electron chi connectivity index (χ3n) is 12.2. The van der Waals surface area contributed by atoms with E-state index >= 15 is 0 Å². The maximum absolute atomic E-state index is 11.6. The maximum atomic E-state index is 11.6. The Morgan fingerprint density at radius 2 is 1.74 bits per heavy atom. The second-order valence-electron chi connectivity index (χ2n) is 13.8. The summed E-state index contributed by atoms with van der Waals surface area (Å²) in [5.41, 5.74) is 0.657. The fourth-order valence-corrected chi connectivity index (χ4v) is 10.7. The number of rotatable bonds is 1. The molecule has 0 aromatic rings. The highest BCUT2D eigenvalue weighted by Gasteiger charge is 2.70. The maximum Gasteiger partial charge on any atom is 0.302 e. The normalized spacial score (nSPS) is 58.5. The number of hydrogen-bond acceptors (Lipinski definition) is 5. The van der Waals surface area contributed by atoms with E-state index < -0.39 is 11.9 Å². The molecule has 0 aromatic heterocycles. The van der Waals surface area contributed by atoms with Crippen molar-refractivity contribution in [2.45, 2.75) is 117 Å². The summed E-state index contributed by atoms with van der Waals surface area (Å²) < 4.78 is 18.8. The Labute approximate surface area is 205 Å². The zero-order valence-electron chi connectivity index (χ0n) is 21.9. The van der Waals surface area contributed by atoms with Gasteiger partial charge in [0.25, 0.3) is 0 Å². The number of fused-ring (bicyclic) bond motifs is 7. The third-order valence-corrected chi connectivity index (χ3v) is 12.2. The molecular formula is C29H46O5. The smallest absolute Gasteiger partial charge is 0.302 e. The standard InChI is InChI=1S/C29H46O5/c1-16-12-25(31)29(32-15-16)17(2)26-24(34-29)14-23-21-7-6-19-13-20(33-18(3)30)8-10-27(19,4)22(21)9-11-28(23,26)5/h16-17,19-26,31H,6-15H2,1-5H3/t16-,17-,19-,20-,21+,22+,23+,24-,25-,26-,27-,28-,29-/m0/s1. The minimum absolute atomic E-state index is 0.123. The van der Waals surface area contributed by atoms with Gasteiger partial charge in [0.1, 0.15) is 12.2 Å². The Hall–Kier alpha value is -0.650. The number of carbonyl (C=O) groups is 1. The molecule has 0 bridgehead atoms. The van der Waals surface area contributed by atoms with E-state index in [1.165, 1.54) is 32.1 Å². The molecule has 2 saturated heterocycles. The molecule has 2 heterocycles. The zero-order valence-corrected chi connectivity index (χ0v) is 21.9. The van der Waals surface area contributed by atoms with Gasteiger partial charge in [0, 0.05) is 12.8 Å². The lowest BCUT2D eigenvalue weighted by molar-refractivity contribution is -0.316. The lowest BCUT2D eigenvalue weighted by Crippen LogP contribution is -2.57. The van der Waals surface area contributed by atoms with Crippen LogP contribution in [0.3, 0.4) is 0 Å². The molecule has 192 valence electrons. The third kappa shape index (κ3) is 3.18. The van der Waals surface area contributed by atoms with Crippen LogP contribution < -0.4 is 0 Å². The highest BCUT2D eigenvalue weighted by Crippen LogP contribution is 2.71. The minimum Gasteiger partial charge on any atom is -0.463 e. The van der Waals surface area contributed by atoms with Crippen LogP contribution in [0, 0.1) is 52.3 Å². The number of carbonyl (C=O) groups excluding carboxylic acids is 1. The Morgan fingerprint density at radius 3 is 2.47 bits per heavy atom. The first kappa shape index (κ1) is 23.7. The summed E-state index contributed by atoms with van der Waals surface area (Å²) in [6, 6.07) is 0. The highest BCUT2D eigenvalue weighted by molar-refractivity contribution is 5.66. The number of ether oxygens (including phenoxy) is 3. The van der Waals surface area contributed by atoms with Gasteiger partial charge in [-0.2, -0.15) is 0 Å². The van der Waals surface area contributed by atoms with E-state index in [-0.39, 0.29) is 29.5 Å². The Balaban J connectivity index is 1.22. The van der Waals surface area contributed by atoms with Crippen molar-refractivity contribution in [2.75, 3.05) is 6.61 Å². The molecule has 6 aliphatic rings. The van der Waals surface area contributed by atoms with Gasteiger partial charge >= 0.3 is 5.97 Å². The molecule has 2 aliphatic heterocycles. The SMILES string of the molecule is CC(=O)O[C@H]1CC[C@@]2(C)[C@@H](CC[C@@H]3[C@H]2CC[C@]2(C)[C@@H]4[C@H](C[C@H]32)O[C@@]2(OC[C@@H](C)C[C@@H]2O)[C@H]4C)C1. The van der Waals surface area contributed by atoms with Gasteiger partial charge in [0.2, 0.25) is 0 Å². The molecule has 0 unspecified atom stereocenters. The van der Waals surface area contributed by atoms with Gasteiger partial charge in [-0.3, -0.25) is 4.79 Å². The molecule has 34 heavy (non-hydrogen) atoms. The highest BCUT2D eigenvalue weighted by atomic mass is 16.7. The summed E-state index contributed by atoms with van der Waals surface area (Å²) in [7, 11) is 0. The summed E-state index contributed by atoms with van der Waals surface area (Å²) in [5.74, 6) is 3.15. The predicted molar refractivity (Wildman–Crippen MR) is 129 cm³/mol. The summed E-state index contributed by atoms with van der Waals surface area (Å²) in [4.78, 5) is 11.6. The minimum atomic E-state index is -0.786. The van der Waals surface area contributed by atoms with Gasteiger partial charge in [0.15, 0.2) is 5.79 Å². The Kier molecular flexibility index (Phi) is 5.53. The molecule has 4 saturated carbocycles. The molecule has 6 fully saturated rings. The molecule has 5 heteroatoms. The van der Waals surface area contributed by atoms with Gasteiger partial charge in [-0.05, 0) is 104 Å². The van der Waals surface area contributed by atoms with E-state index in [4.69, 9.17) is 14.2 Å². The van der Waals surface area contributed by atoms with Crippen LogP contribution in [-0.4, -0.2) is 41.8 Å². The molecule has 5 nitrogen and oxygen atoms in total. The molecule has 4 aliphatic carbocycles. The molecule has 1 N–H and O–H groups in total. The lowest BCUT2D eigenvalue weighted by Gasteiger charge is -2.61. The van der Waals surface area contributed by atoms with Crippen molar-refractivity contribution < 1.29 is 24.1 Å². The van der Waals surface area contributed by atoms with Crippen molar-refractivity contribution in [3.63, 3.8) is 0 Å². The van der Waals surface area contributed by atoms with E-state index in [9.17, 15) is 9.90 Å². The molecule has 6 rings (SSSR count). The fraction of sp³-hybridized carbons (Fsp3) is 0.966. The van der Waals surface area contributed by atoms with E-state index in [1.807, 2.05) is 0 Å². The molecule has 13 atom stereocenters. The van der Waals surface area contributed by atoms with Crippen molar-refractivity contribution >= 4 is 5.97 Å². The number of esters is 1. The second-order valence-corrected chi connectivity index (χ2v) is 13.8. The van der Waals surface area contributed by atoms with E-state index in [0.29, 0.717) is 35.7 Å². The van der Waals surface area contributed by atoms with Crippen LogP contribution in [0.25, 0.3) is 0 Å². The number of aliphatic hydroxyl groups excluding tert-OH is 1. The van der Waals surface area contributed by atoms with E-state index in [1.54, 1.807) is 6.92 Å². The van der Waals surface area contributed by atoms with Crippen molar-refractivity contribution in [1.29, 1.82) is 0 Å². The first-order chi connectivity index (χ1) is 16.1. The monoisotopic (exact) mass is 474 g/mol. The average Bonchev–Trinajstić information content (AvgIpc) is 3.22. The first-order valence-corrected chi connectivity index (χ1v) is 14.3. The van der Waals surface area contributed by atoms with Gasteiger partial charge in [-0.1, -0.05) is 27.7 Å². The van der Waals surface area contributed by atoms with Crippen molar-refractivity contribution in [3.8, 4) is 0 Å². The molecule has 1 spiro atoms. The fourth-order valence-electron chi connectivity index (χ4n) is 10.7. The van der Waals surface area contributed by atoms with Crippen LogP contribution in [0.4, 0.5) is 0 Å². The molecule has 0 amide bonds. The van der Waals surface area contributed by atoms with Crippen LogP contribution >= 0.6 is 0 Å². The van der Waals surface area contributed by atoms with Gasteiger partial charge in [0.05, 0.1) is 12.7 Å². The van der Waals surface area contributed by atoms with Crippen LogP contribution in [0.2, 0.25) is 0 Å². The Morgan fingerprint density at radius 1 is 0.971 bits per heavy atom. The van der Waals surface area contributed by atoms with Crippen LogP contribution in [0.15, 0.2) is 0 Å². The van der Waals surface area contributed by atoms with Crippen LogP contribution in [0.5, 0.6) is 0 Å². The first-order valence-electron chi connectivity index (χ1n) is 14.3. The summed E-state index contributed by atoms with van der Waals surface area (Å²) in [6.07, 6.45) is 10.2. The molecular weight excluding hydrogens is 428 g/mol. The van der Waals surface area contributed by atoms with Crippen LogP contribution in [0.1, 0.15) is 92.4 Å². The summed E-state index contributed by atoms with van der Waals surface area (Å²) in [6.45, 7) is 11.8. The van der Waals surface area contributed by atoms with Crippen molar-refractivity contribution in [1.82, 2.24) is 0 Å². The number of hydrogen-bond donors (Lipinski definition) is 1. The lowest BCUT2D eigenvalue weighted by atomic mass is 9.44. The molecule has 0 aromatic carbocycles. The van der Waals surface area contributed by atoms with Crippen molar-refractivity contribution in [3.05, 3.63) is 0 Å². The summed E-state index contributed by atoms with van der Waals surface area (Å²) in [5, 5.41) is 11.1. The zero-order chi connectivity index (χ0) is 24.0. The predicted octanol–water partition coefficient (Wildman–Crippen LogP) is 5.34. The van der Waals surface area contributed by atoms with Gasteiger partial charge < -0.3 is 19.3 Å². The average molecular weight is 475 g/mol. The van der Waals surface area contributed by atoms with Gasteiger partial charge in [-0.25, -0.2) is 0 Å². The second kappa shape index (κ2) is 7.92. The summed E-state index contributed by atoms with van der Waals surface area (Å²) >= 11 is 0. The topological polar surface area (TPSA) is 65.0 Å². The van der Waals surface area contributed by atoms with Gasteiger partial charge in [-0.15, -0.1) is 0 Å². The van der Waals surface area contributed by atoms with E-state index in [2.05, 4.69) is 27.7 Å². The Bertz CT molecular complexity index is 829. The van der Waals surface area contributed by atoms with E-state index in [0.717, 1.165) is 37.5 Å². The molecule has 0 radical (unpaired) electrons. The number of aliphatic hydroxyl groups is 1. The largest absolute Gasteiger partial charge is 0.463 e.